The van der Waals surface area contributed by atoms with E-state index in [1.165, 1.54) is 11.3 Å². The van der Waals surface area contributed by atoms with Crippen LogP contribution >= 0.6 is 0 Å². The van der Waals surface area contributed by atoms with E-state index >= 15 is 0 Å². The highest BCUT2D eigenvalue weighted by Crippen LogP contribution is 2.18. The van der Waals surface area contributed by atoms with Crippen LogP contribution in [0.3, 0.4) is 0 Å². The normalized spacial score (nSPS) is 10.5. The molecule has 0 bridgehead atoms. The number of aromatic nitrogens is 2. The zero-order chi connectivity index (χ0) is 15.9. The van der Waals surface area contributed by atoms with E-state index in [9.17, 15) is 4.79 Å². The molecule has 0 aliphatic heterocycles. The molecule has 5 nitrogen and oxygen atoms in total. The molecule has 0 unspecified atom stereocenters. The summed E-state index contributed by atoms with van der Waals surface area (Å²) in [6, 6.07) is 10.1. The van der Waals surface area contributed by atoms with Crippen molar-refractivity contribution in [3.8, 4) is 0 Å². The number of likely N-dealkylation sites (N-methyl/N-ethyl adjacent to an activating group) is 1. The van der Waals surface area contributed by atoms with Gasteiger partial charge in [-0.3, -0.25) is 9.89 Å². The van der Waals surface area contributed by atoms with Gasteiger partial charge in [0.05, 0.1) is 0 Å². The number of carbonyl (C=O) groups excluding carboxylic acids is 1. The fourth-order valence-electron chi connectivity index (χ4n) is 2.42. The van der Waals surface area contributed by atoms with Gasteiger partial charge < -0.3 is 10.2 Å². The van der Waals surface area contributed by atoms with E-state index < -0.39 is 0 Å². The molecule has 1 amide bonds. The largest absolute Gasteiger partial charge is 0.370 e. The lowest BCUT2D eigenvalue weighted by molar-refractivity contribution is 0.0949. The maximum absolute atomic E-state index is 12.0. The number of rotatable bonds is 7. The molecule has 0 spiro atoms. The summed E-state index contributed by atoms with van der Waals surface area (Å²) in [6.07, 6.45) is 0.844. The van der Waals surface area contributed by atoms with Crippen LogP contribution in [0.4, 0.5) is 5.69 Å². The Bertz CT molecular complexity index is 621. The standard InChI is InChI=1S/C17H24N4O/c1-4-14-12-15(20-19-14)17(22)18-10-11-21(5-2)16-9-7-6-8-13(16)3/h6-9,12H,4-5,10-11H2,1-3H3,(H,18,22)(H,19,20). The number of anilines is 1. The second-order valence-corrected chi connectivity index (χ2v) is 5.25. The fraction of sp³-hybridized carbons (Fsp3) is 0.412. The van der Waals surface area contributed by atoms with Crippen LogP contribution in [0.25, 0.3) is 0 Å². The number of H-pyrrole nitrogens is 1. The predicted molar refractivity (Wildman–Crippen MR) is 89.4 cm³/mol. The van der Waals surface area contributed by atoms with Crippen LogP contribution in [0.2, 0.25) is 0 Å². The molecule has 22 heavy (non-hydrogen) atoms. The molecule has 0 aliphatic carbocycles. The first-order valence-electron chi connectivity index (χ1n) is 7.78. The number of benzene rings is 1. The molecule has 2 N–H and O–H groups in total. The maximum Gasteiger partial charge on any atom is 0.271 e. The van der Waals surface area contributed by atoms with Gasteiger partial charge in [0, 0.05) is 31.0 Å². The molecule has 0 radical (unpaired) electrons. The summed E-state index contributed by atoms with van der Waals surface area (Å²) in [5.41, 5.74) is 3.89. The van der Waals surface area contributed by atoms with E-state index in [-0.39, 0.29) is 5.91 Å². The predicted octanol–water partition coefficient (Wildman–Crippen LogP) is 2.54. The quantitative estimate of drug-likeness (QED) is 0.826. The van der Waals surface area contributed by atoms with Gasteiger partial charge in [0.1, 0.15) is 5.69 Å². The minimum absolute atomic E-state index is 0.128. The van der Waals surface area contributed by atoms with Crippen molar-refractivity contribution in [1.82, 2.24) is 15.5 Å². The summed E-state index contributed by atoms with van der Waals surface area (Å²) < 4.78 is 0. The van der Waals surface area contributed by atoms with E-state index in [1.54, 1.807) is 6.07 Å². The van der Waals surface area contributed by atoms with Gasteiger partial charge in [-0.25, -0.2) is 0 Å². The highest BCUT2D eigenvalue weighted by Gasteiger charge is 2.11. The first-order valence-corrected chi connectivity index (χ1v) is 7.78. The average molecular weight is 300 g/mol. The summed E-state index contributed by atoms with van der Waals surface area (Å²) >= 11 is 0. The highest BCUT2D eigenvalue weighted by atomic mass is 16.1. The molecule has 1 heterocycles. The second kappa shape index (κ2) is 7.64. The first-order chi connectivity index (χ1) is 10.7. The number of aromatic amines is 1. The Balaban J connectivity index is 1.89. The number of aryl methyl sites for hydroxylation is 2. The van der Waals surface area contributed by atoms with Crippen molar-refractivity contribution < 1.29 is 4.79 Å². The van der Waals surface area contributed by atoms with Crippen LogP contribution in [-0.2, 0) is 6.42 Å². The third-order valence-electron chi connectivity index (χ3n) is 3.75. The third kappa shape index (κ3) is 3.87. The van der Waals surface area contributed by atoms with Crippen LogP contribution < -0.4 is 10.2 Å². The Morgan fingerprint density at radius 3 is 2.73 bits per heavy atom. The van der Waals surface area contributed by atoms with E-state index in [2.05, 4.69) is 46.4 Å². The zero-order valence-electron chi connectivity index (χ0n) is 13.5. The van der Waals surface area contributed by atoms with Crippen LogP contribution in [0.1, 0.15) is 35.6 Å². The molecule has 5 heteroatoms. The van der Waals surface area contributed by atoms with Crippen LogP contribution in [0, 0.1) is 6.92 Å². The Morgan fingerprint density at radius 1 is 1.32 bits per heavy atom. The van der Waals surface area contributed by atoms with Gasteiger partial charge in [-0.15, -0.1) is 0 Å². The Labute approximate surface area is 131 Å². The number of hydrogen-bond acceptors (Lipinski definition) is 3. The third-order valence-corrected chi connectivity index (χ3v) is 3.75. The van der Waals surface area contributed by atoms with Gasteiger partial charge in [-0.05, 0) is 38.0 Å². The van der Waals surface area contributed by atoms with Gasteiger partial charge in [-0.1, -0.05) is 25.1 Å². The number of carbonyl (C=O) groups is 1. The van der Waals surface area contributed by atoms with Gasteiger partial charge in [0.15, 0.2) is 0 Å². The highest BCUT2D eigenvalue weighted by molar-refractivity contribution is 5.92. The second-order valence-electron chi connectivity index (χ2n) is 5.25. The lowest BCUT2D eigenvalue weighted by atomic mass is 10.2. The van der Waals surface area contributed by atoms with Gasteiger partial charge in [0.2, 0.25) is 0 Å². The maximum atomic E-state index is 12.0. The van der Waals surface area contributed by atoms with Crippen LogP contribution in [0.5, 0.6) is 0 Å². The van der Waals surface area contributed by atoms with E-state index in [0.29, 0.717) is 12.2 Å². The minimum Gasteiger partial charge on any atom is -0.370 e. The summed E-state index contributed by atoms with van der Waals surface area (Å²) in [5.74, 6) is -0.128. The van der Waals surface area contributed by atoms with Crippen molar-refractivity contribution in [1.29, 1.82) is 0 Å². The van der Waals surface area contributed by atoms with Crippen molar-refractivity contribution in [3.05, 3.63) is 47.3 Å². The Kier molecular flexibility index (Phi) is 5.58. The van der Waals surface area contributed by atoms with Crippen molar-refractivity contribution in [2.24, 2.45) is 0 Å². The number of hydrogen-bond donors (Lipinski definition) is 2. The molecule has 0 aliphatic rings. The van der Waals surface area contributed by atoms with E-state index in [1.807, 2.05) is 19.1 Å². The molecule has 1 aromatic carbocycles. The van der Waals surface area contributed by atoms with Crippen molar-refractivity contribution in [3.63, 3.8) is 0 Å². The topological polar surface area (TPSA) is 61.0 Å². The summed E-state index contributed by atoms with van der Waals surface area (Å²) in [7, 11) is 0. The molecule has 0 fully saturated rings. The molecule has 118 valence electrons. The lowest BCUT2D eigenvalue weighted by Crippen LogP contribution is -2.35. The van der Waals surface area contributed by atoms with Gasteiger partial charge in [0.25, 0.3) is 5.91 Å². The molecule has 1 aromatic heterocycles. The van der Waals surface area contributed by atoms with Crippen LogP contribution in [-0.4, -0.2) is 35.7 Å². The summed E-state index contributed by atoms with van der Waals surface area (Å²) in [5, 5.41) is 9.81. The summed E-state index contributed by atoms with van der Waals surface area (Å²) in [6.45, 7) is 8.52. The number of para-hydroxylation sites is 1. The smallest absolute Gasteiger partial charge is 0.271 e. The first kappa shape index (κ1) is 16.1. The van der Waals surface area contributed by atoms with Crippen molar-refractivity contribution in [2.75, 3.05) is 24.5 Å². The molecule has 0 atom stereocenters. The molecule has 0 saturated carbocycles. The fourth-order valence-corrected chi connectivity index (χ4v) is 2.42. The van der Waals surface area contributed by atoms with Crippen LogP contribution in [0.15, 0.2) is 30.3 Å². The van der Waals surface area contributed by atoms with E-state index in [0.717, 1.165) is 25.2 Å². The minimum atomic E-state index is -0.128. The van der Waals surface area contributed by atoms with Gasteiger partial charge in [-0.2, -0.15) is 5.10 Å². The average Bonchev–Trinajstić information content (AvgIpc) is 3.01. The van der Waals surface area contributed by atoms with Gasteiger partial charge >= 0.3 is 0 Å². The molecular formula is C17H24N4O. The molecular weight excluding hydrogens is 276 g/mol. The summed E-state index contributed by atoms with van der Waals surface area (Å²) in [4.78, 5) is 14.3. The molecule has 2 rings (SSSR count). The number of nitrogens with one attached hydrogen (secondary N) is 2. The molecule has 0 saturated heterocycles. The SMILES string of the molecule is CCc1cc(C(=O)NCCN(CC)c2ccccc2C)n[nH]1. The molecule has 2 aromatic rings. The van der Waals surface area contributed by atoms with Crippen molar-refractivity contribution in [2.45, 2.75) is 27.2 Å². The number of amides is 1. The monoisotopic (exact) mass is 300 g/mol. The number of nitrogens with zero attached hydrogens (tertiary/aromatic N) is 2. The van der Waals surface area contributed by atoms with E-state index in [4.69, 9.17) is 0 Å². The zero-order valence-corrected chi connectivity index (χ0v) is 13.5. The lowest BCUT2D eigenvalue weighted by Gasteiger charge is -2.24. The Morgan fingerprint density at radius 2 is 2.09 bits per heavy atom. The van der Waals surface area contributed by atoms with Crippen molar-refractivity contribution >= 4 is 11.6 Å². The Hall–Kier alpha value is -2.30.